The van der Waals surface area contributed by atoms with Crippen LogP contribution in [-0.2, 0) is 5.41 Å². The van der Waals surface area contributed by atoms with Gasteiger partial charge >= 0.3 is 0 Å². The molecule has 0 heteroatoms. The number of hydrogen-bond acceptors (Lipinski definition) is 0. The number of rotatable bonds is 5. The molecule has 38 heavy (non-hydrogen) atoms. The highest BCUT2D eigenvalue weighted by molar-refractivity contribution is 5.84. The highest BCUT2D eigenvalue weighted by Crippen LogP contribution is 2.55. The van der Waals surface area contributed by atoms with E-state index in [1.165, 1.54) is 50.1 Å². The van der Waals surface area contributed by atoms with Crippen LogP contribution in [0.15, 0.2) is 164 Å². The summed E-state index contributed by atoms with van der Waals surface area (Å²) in [5.41, 5.74) is 11.4. The van der Waals surface area contributed by atoms with Crippen LogP contribution in [0.4, 0.5) is 0 Å². The average molecular weight is 485 g/mol. The quantitative estimate of drug-likeness (QED) is 0.214. The molecule has 0 bridgehead atoms. The van der Waals surface area contributed by atoms with Crippen molar-refractivity contribution in [3.8, 4) is 11.1 Å². The van der Waals surface area contributed by atoms with Gasteiger partial charge in [-0.2, -0.15) is 0 Å². The van der Waals surface area contributed by atoms with Gasteiger partial charge in [0, 0.05) is 5.92 Å². The van der Waals surface area contributed by atoms with Crippen molar-refractivity contribution in [2.24, 2.45) is 0 Å². The van der Waals surface area contributed by atoms with E-state index < -0.39 is 5.41 Å². The highest BCUT2D eigenvalue weighted by Gasteiger charge is 2.43. The molecule has 1 aliphatic carbocycles. The molecule has 0 fully saturated rings. The fourth-order valence-electron chi connectivity index (χ4n) is 6.61. The van der Waals surface area contributed by atoms with E-state index in [0.29, 0.717) is 0 Å². The minimum absolute atomic E-state index is 0.161. The van der Waals surface area contributed by atoms with Crippen LogP contribution in [0.2, 0.25) is 0 Å². The first kappa shape index (κ1) is 22.5. The van der Waals surface area contributed by atoms with Crippen LogP contribution in [0.5, 0.6) is 0 Å². The summed E-state index contributed by atoms with van der Waals surface area (Å²) in [5.74, 6) is 0.161. The van der Waals surface area contributed by atoms with Crippen molar-refractivity contribution in [3.05, 3.63) is 203 Å². The summed E-state index contributed by atoms with van der Waals surface area (Å²) in [5, 5.41) is 0. The monoisotopic (exact) mass is 484 g/mol. The van der Waals surface area contributed by atoms with Crippen molar-refractivity contribution in [1.82, 2.24) is 0 Å². The third kappa shape index (κ3) is 3.38. The average Bonchev–Trinajstić information content (AvgIpc) is 3.35. The van der Waals surface area contributed by atoms with Gasteiger partial charge in [0.2, 0.25) is 0 Å². The van der Waals surface area contributed by atoms with Crippen LogP contribution in [0, 0.1) is 0 Å². The number of hydrogen-bond donors (Lipinski definition) is 0. The van der Waals surface area contributed by atoms with Gasteiger partial charge < -0.3 is 0 Å². The predicted molar refractivity (Wildman–Crippen MR) is 158 cm³/mol. The molecule has 0 radical (unpaired) electrons. The topological polar surface area (TPSA) is 0 Å². The molecule has 0 aromatic heterocycles. The lowest BCUT2D eigenvalue weighted by Crippen LogP contribution is -2.32. The van der Waals surface area contributed by atoms with E-state index in [9.17, 15) is 0 Å². The van der Waals surface area contributed by atoms with Gasteiger partial charge in [0.1, 0.15) is 0 Å². The zero-order chi connectivity index (χ0) is 25.4. The summed E-state index contributed by atoms with van der Waals surface area (Å²) in [6.07, 6.45) is 0. The number of benzene rings is 6. The third-order valence-electron chi connectivity index (χ3n) is 8.11. The van der Waals surface area contributed by atoms with E-state index in [1.807, 2.05) is 0 Å². The van der Waals surface area contributed by atoms with Crippen molar-refractivity contribution in [2.45, 2.75) is 11.3 Å². The Kier molecular flexibility index (Phi) is 5.52. The van der Waals surface area contributed by atoms with Crippen molar-refractivity contribution in [2.75, 3.05) is 0 Å². The fourth-order valence-corrected chi connectivity index (χ4v) is 6.61. The van der Waals surface area contributed by atoms with Gasteiger partial charge in [-0.3, -0.25) is 0 Å². The van der Waals surface area contributed by atoms with Crippen molar-refractivity contribution in [1.29, 1.82) is 0 Å². The Morgan fingerprint density at radius 3 is 1.37 bits per heavy atom. The van der Waals surface area contributed by atoms with E-state index in [0.717, 1.165) is 0 Å². The molecule has 0 saturated carbocycles. The molecule has 0 heterocycles. The molecular weight excluding hydrogens is 456 g/mol. The maximum absolute atomic E-state index is 2.37. The minimum atomic E-state index is -0.482. The predicted octanol–water partition coefficient (Wildman–Crippen LogP) is 9.23. The fraction of sp³-hybridized carbons (Fsp3) is 0.0526. The second-order valence-corrected chi connectivity index (χ2v) is 10.0. The smallest absolute Gasteiger partial charge is 0.0622 e. The minimum Gasteiger partial charge on any atom is -0.0622 e. The highest BCUT2D eigenvalue weighted by atomic mass is 14.4. The first-order chi connectivity index (χ1) is 18.9. The molecule has 0 N–H and O–H groups in total. The van der Waals surface area contributed by atoms with Crippen molar-refractivity contribution >= 4 is 0 Å². The Morgan fingerprint density at radius 1 is 0.368 bits per heavy atom. The summed E-state index contributed by atoms with van der Waals surface area (Å²) in [7, 11) is 0. The van der Waals surface area contributed by atoms with Gasteiger partial charge in [0.15, 0.2) is 0 Å². The zero-order valence-corrected chi connectivity index (χ0v) is 21.2. The normalized spacial score (nSPS) is 14.1. The number of fused-ring (bicyclic) bond motifs is 3. The van der Waals surface area contributed by atoms with Crippen LogP contribution in [0.1, 0.15) is 44.9 Å². The largest absolute Gasteiger partial charge is 0.0704 e. The van der Waals surface area contributed by atoms with Crippen molar-refractivity contribution < 1.29 is 0 Å². The van der Waals surface area contributed by atoms with Gasteiger partial charge in [-0.1, -0.05) is 164 Å². The second kappa shape index (κ2) is 9.32. The summed E-state index contributed by atoms with van der Waals surface area (Å²) in [6.45, 7) is 0. The van der Waals surface area contributed by atoms with Crippen LogP contribution in [0.25, 0.3) is 11.1 Å². The Hall–Kier alpha value is -4.68. The van der Waals surface area contributed by atoms with Gasteiger partial charge in [-0.05, 0) is 50.1 Å². The summed E-state index contributed by atoms with van der Waals surface area (Å²) in [6, 6.07) is 60.0. The molecule has 0 nitrogen and oxygen atoms in total. The maximum atomic E-state index is 2.37. The van der Waals surface area contributed by atoms with E-state index in [1.54, 1.807) is 0 Å². The van der Waals surface area contributed by atoms with Crippen LogP contribution < -0.4 is 0 Å². The van der Waals surface area contributed by atoms with Gasteiger partial charge in [0.25, 0.3) is 0 Å². The zero-order valence-electron chi connectivity index (χ0n) is 21.2. The Labute approximate surface area is 224 Å². The first-order valence-electron chi connectivity index (χ1n) is 13.3. The lowest BCUT2D eigenvalue weighted by atomic mass is 9.62. The van der Waals surface area contributed by atoms with E-state index in [2.05, 4.69) is 164 Å². The molecule has 1 atom stereocenters. The lowest BCUT2D eigenvalue weighted by molar-refractivity contribution is 0.729. The molecular formula is C38H28. The molecule has 0 spiro atoms. The first-order valence-corrected chi connectivity index (χ1v) is 13.3. The van der Waals surface area contributed by atoms with Gasteiger partial charge in [-0.25, -0.2) is 0 Å². The molecule has 0 aliphatic heterocycles. The summed E-state index contributed by atoms with van der Waals surface area (Å²) in [4.78, 5) is 0. The van der Waals surface area contributed by atoms with E-state index in [-0.39, 0.29) is 5.92 Å². The Bertz CT molecular complexity index is 1590. The molecule has 0 amide bonds. The summed E-state index contributed by atoms with van der Waals surface area (Å²) >= 11 is 0. The molecule has 6 aromatic carbocycles. The van der Waals surface area contributed by atoms with Crippen LogP contribution in [0.3, 0.4) is 0 Å². The van der Waals surface area contributed by atoms with E-state index >= 15 is 0 Å². The molecule has 1 aliphatic rings. The Balaban J connectivity index is 1.65. The molecule has 7 rings (SSSR count). The Morgan fingerprint density at radius 2 is 0.816 bits per heavy atom. The van der Waals surface area contributed by atoms with Crippen molar-refractivity contribution in [3.63, 3.8) is 0 Å². The van der Waals surface area contributed by atoms with E-state index in [4.69, 9.17) is 0 Å². The molecule has 0 saturated heterocycles. The van der Waals surface area contributed by atoms with Gasteiger partial charge in [0.05, 0.1) is 5.41 Å². The van der Waals surface area contributed by atoms with Crippen LogP contribution >= 0.6 is 0 Å². The molecule has 6 aromatic rings. The van der Waals surface area contributed by atoms with Gasteiger partial charge in [-0.15, -0.1) is 0 Å². The lowest BCUT2D eigenvalue weighted by Gasteiger charge is -2.39. The molecule has 1 unspecified atom stereocenters. The molecule has 180 valence electrons. The second-order valence-electron chi connectivity index (χ2n) is 10.0. The maximum Gasteiger partial charge on any atom is 0.0704 e. The SMILES string of the molecule is c1ccc(C2c3ccccc3-c3cccc(C(c4ccccc4)(c4ccccc4)c4ccccc4)c32)cc1. The third-order valence-corrected chi connectivity index (χ3v) is 8.11. The standard InChI is InChI=1S/C38H28/c1-5-16-28(17-6-1)36-33-25-14-13-24-32(33)34-26-15-27-35(37(34)36)38(29-18-7-2-8-19-29,30-20-9-3-10-21-30)31-22-11-4-12-23-31/h1-27,36H. The van der Waals surface area contributed by atoms with Crippen LogP contribution in [-0.4, -0.2) is 0 Å². The summed E-state index contributed by atoms with van der Waals surface area (Å²) < 4.78 is 0.